The third-order valence-electron chi connectivity index (χ3n) is 6.03. The summed E-state index contributed by atoms with van der Waals surface area (Å²) < 4.78 is 11.1. The number of nitrogens with zero attached hydrogens (tertiary/aromatic N) is 1. The fourth-order valence-corrected chi connectivity index (χ4v) is 4.13. The van der Waals surface area contributed by atoms with Gasteiger partial charge in [-0.3, -0.25) is 4.90 Å². The van der Waals surface area contributed by atoms with Crippen molar-refractivity contribution in [1.29, 1.82) is 0 Å². The highest BCUT2D eigenvalue weighted by Crippen LogP contribution is 2.37. The van der Waals surface area contributed by atoms with E-state index in [-0.39, 0.29) is 31.1 Å². The fourth-order valence-electron chi connectivity index (χ4n) is 4.13. The van der Waals surface area contributed by atoms with Crippen molar-refractivity contribution in [2.75, 3.05) is 19.7 Å². The van der Waals surface area contributed by atoms with E-state index in [1.807, 2.05) is 0 Å². The highest BCUT2D eigenvalue weighted by atomic mass is 16.6. The number of rotatable bonds is 0. The second-order valence-corrected chi connectivity index (χ2v) is 7.61. The third-order valence-corrected chi connectivity index (χ3v) is 6.03. The van der Waals surface area contributed by atoms with Gasteiger partial charge in [-0.1, -0.05) is 13.0 Å². The molecule has 3 aliphatic rings. The molecule has 0 amide bonds. The van der Waals surface area contributed by atoms with Gasteiger partial charge in [-0.15, -0.1) is 0 Å². The van der Waals surface area contributed by atoms with Gasteiger partial charge in [0.25, 0.3) is 0 Å². The monoisotopic (exact) mass is 353 g/mol. The summed E-state index contributed by atoms with van der Waals surface area (Å²) in [4.78, 5) is 27.1. The van der Waals surface area contributed by atoms with E-state index >= 15 is 0 Å². The quantitative estimate of drug-likeness (QED) is 0.476. The van der Waals surface area contributed by atoms with Crippen LogP contribution in [-0.4, -0.2) is 70.6 Å². The van der Waals surface area contributed by atoms with Crippen molar-refractivity contribution in [1.82, 2.24) is 4.90 Å². The molecule has 3 saturated heterocycles. The van der Waals surface area contributed by atoms with Crippen molar-refractivity contribution in [2.24, 2.45) is 11.8 Å². The van der Waals surface area contributed by atoms with E-state index in [1.165, 1.54) is 6.92 Å². The molecule has 3 fully saturated rings. The van der Waals surface area contributed by atoms with Gasteiger partial charge in [0.2, 0.25) is 0 Å². The number of carbonyl (C=O) groups is 2. The van der Waals surface area contributed by atoms with E-state index in [4.69, 9.17) is 9.47 Å². The summed E-state index contributed by atoms with van der Waals surface area (Å²) in [5, 5.41) is 20.9. The number of hydrogen-bond acceptors (Lipinski definition) is 7. The van der Waals surface area contributed by atoms with Gasteiger partial charge in [0, 0.05) is 24.6 Å². The molecule has 0 radical (unpaired) electrons. The Balaban J connectivity index is 1.91. The summed E-state index contributed by atoms with van der Waals surface area (Å²) in [6, 6.07) is -0.161. The Morgan fingerprint density at radius 3 is 2.76 bits per heavy atom. The Morgan fingerprint density at radius 1 is 1.36 bits per heavy atom. The Morgan fingerprint density at radius 2 is 2.08 bits per heavy atom. The van der Waals surface area contributed by atoms with E-state index < -0.39 is 29.6 Å². The molecule has 6 atom stereocenters. The van der Waals surface area contributed by atoms with Crippen LogP contribution in [0.25, 0.3) is 0 Å². The van der Waals surface area contributed by atoms with Gasteiger partial charge in [-0.05, 0) is 32.6 Å². The Bertz CT molecular complexity index is 586. The van der Waals surface area contributed by atoms with Crippen molar-refractivity contribution < 1.29 is 29.3 Å². The average molecular weight is 353 g/mol. The summed E-state index contributed by atoms with van der Waals surface area (Å²) >= 11 is 0. The summed E-state index contributed by atoms with van der Waals surface area (Å²) in [7, 11) is 0. The number of carbonyl (C=O) groups excluding carboxylic acids is 2. The lowest BCUT2D eigenvalue weighted by Crippen LogP contribution is -2.47. The Hall–Kier alpha value is -1.44. The molecule has 25 heavy (non-hydrogen) atoms. The molecule has 0 spiro atoms. The molecule has 2 N–H and O–H groups in total. The number of aliphatic hydroxyl groups is 2. The Labute approximate surface area is 147 Å². The van der Waals surface area contributed by atoms with E-state index in [0.29, 0.717) is 18.5 Å². The zero-order valence-corrected chi connectivity index (χ0v) is 15.0. The zero-order chi connectivity index (χ0) is 18.4. The van der Waals surface area contributed by atoms with Gasteiger partial charge in [-0.25, -0.2) is 9.59 Å². The van der Waals surface area contributed by atoms with Crippen LogP contribution >= 0.6 is 0 Å². The second kappa shape index (κ2) is 6.70. The van der Waals surface area contributed by atoms with Gasteiger partial charge < -0.3 is 19.7 Å². The molecule has 0 saturated carbocycles. The number of cyclic esters (lactones) is 1. The van der Waals surface area contributed by atoms with Crippen LogP contribution in [0.15, 0.2) is 11.6 Å². The van der Waals surface area contributed by atoms with Crippen LogP contribution in [0.3, 0.4) is 0 Å². The number of esters is 2. The molecule has 7 heteroatoms. The third kappa shape index (κ3) is 3.20. The van der Waals surface area contributed by atoms with Crippen molar-refractivity contribution in [3.8, 4) is 0 Å². The van der Waals surface area contributed by atoms with E-state index in [0.717, 1.165) is 6.54 Å². The van der Waals surface area contributed by atoms with Crippen LogP contribution in [0.2, 0.25) is 0 Å². The zero-order valence-electron chi connectivity index (χ0n) is 15.0. The van der Waals surface area contributed by atoms with E-state index in [9.17, 15) is 19.8 Å². The molecule has 0 aromatic heterocycles. The predicted octanol–water partition coefficient (Wildman–Crippen LogP) is 0.244. The van der Waals surface area contributed by atoms with Crippen LogP contribution in [-0.2, 0) is 19.1 Å². The molecule has 0 bridgehead atoms. The molecule has 0 aromatic carbocycles. The van der Waals surface area contributed by atoms with Crippen LogP contribution in [0.1, 0.15) is 33.6 Å². The second-order valence-electron chi connectivity index (χ2n) is 7.61. The predicted molar refractivity (Wildman–Crippen MR) is 88.5 cm³/mol. The standard InChI is InChI=1S/C18H27NO6/c1-4-11-7-10(2)18(3,23)17(22)24-9-12-13(20)8-19-6-5-14(15(12)19)25-16(11)21/h4,10,12-15,20,23H,5-9H2,1-3H3. The van der Waals surface area contributed by atoms with Crippen LogP contribution in [0, 0.1) is 11.8 Å². The van der Waals surface area contributed by atoms with Crippen molar-refractivity contribution >= 4 is 11.9 Å². The molecular weight excluding hydrogens is 326 g/mol. The lowest BCUT2D eigenvalue weighted by Gasteiger charge is -2.32. The smallest absolute Gasteiger partial charge is 0.338 e. The number of hydrogen-bond donors (Lipinski definition) is 2. The number of ether oxygens (including phenoxy) is 2. The van der Waals surface area contributed by atoms with Crippen LogP contribution in [0.5, 0.6) is 0 Å². The molecule has 3 aliphatic heterocycles. The van der Waals surface area contributed by atoms with Crippen molar-refractivity contribution in [3.05, 3.63) is 11.6 Å². The number of aliphatic hydroxyl groups excluding tert-OH is 1. The van der Waals surface area contributed by atoms with Gasteiger partial charge in [-0.2, -0.15) is 0 Å². The first-order valence-corrected chi connectivity index (χ1v) is 8.93. The molecule has 6 unspecified atom stereocenters. The van der Waals surface area contributed by atoms with E-state index in [2.05, 4.69) is 4.90 Å². The maximum Gasteiger partial charge on any atom is 0.338 e. The van der Waals surface area contributed by atoms with Gasteiger partial charge in [0.1, 0.15) is 6.10 Å². The molecule has 140 valence electrons. The lowest BCUT2D eigenvalue weighted by molar-refractivity contribution is -0.173. The lowest BCUT2D eigenvalue weighted by atomic mass is 9.85. The topological polar surface area (TPSA) is 96.3 Å². The summed E-state index contributed by atoms with van der Waals surface area (Å²) in [5.41, 5.74) is -1.28. The minimum atomic E-state index is -1.72. The molecule has 0 aliphatic carbocycles. The highest BCUT2D eigenvalue weighted by Gasteiger charge is 2.51. The highest BCUT2D eigenvalue weighted by molar-refractivity contribution is 5.89. The average Bonchev–Trinajstić information content (AvgIpc) is 3.08. The maximum absolute atomic E-state index is 12.6. The first-order chi connectivity index (χ1) is 11.8. The van der Waals surface area contributed by atoms with Gasteiger partial charge in [0.15, 0.2) is 5.60 Å². The normalized spacial score (nSPS) is 44.7. The summed E-state index contributed by atoms with van der Waals surface area (Å²) in [6.07, 6.45) is 1.63. The minimum Gasteiger partial charge on any atom is -0.463 e. The molecule has 3 rings (SSSR count). The molecule has 0 aromatic rings. The van der Waals surface area contributed by atoms with Gasteiger partial charge in [0.05, 0.1) is 18.8 Å². The largest absolute Gasteiger partial charge is 0.463 e. The SMILES string of the molecule is CC=C1CC(C)C(C)(O)C(=O)OCC2C(O)CN3CCC(OC1=O)C23. The molecule has 3 heterocycles. The first-order valence-electron chi connectivity index (χ1n) is 8.93. The fraction of sp³-hybridized carbons (Fsp3) is 0.778. The maximum atomic E-state index is 12.6. The van der Waals surface area contributed by atoms with Gasteiger partial charge >= 0.3 is 11.9 Å². The summed E-state index contributed by atoms with van der Waals surface area (Å²) in [5.74, 6) is -1.97. The van der Waals surface area contributed by atoms with Crippen molar-refractivity contribution in [3.63, 3.8) is 0 Å². The van der Waals surface area contributed by atoms with Crippen molar-refractivity contribution in [2.45, 2.75) is 57.5 Å². The summed E-state index contributed by atoms with van der Waals surface area (Å²) in [6.45, 7) is 6.07. The van der Waals surface area contributed by atoms with Crippen LogP contribution in [0.4, 0.5) is 0 Å². The van der Waals surface area contributed by atoms with E-state index in [1.54, 1.807) is 19.9 Å². The minimum absolute atomic E-state index is 0.00849. The Kier molecular flexibility index (Phi) is 4.92. The van der Waals surface area contributed by atoms with Crippen LogP contribution < -0.4 is 0 Å². The first kappa shape index (κ1) is 18.4. The molecular formula is C18H27NO6. The molecule has 7 nitrogen and oxygen atoms in total. The number of allylic oxidation sites excluding steroid dienone is 1.